The van der Waals surface area contributed by atoms with Gasteiger partial charge in [-0.25, -0.2) is 0 Å². The monoisotopic (exact) mass is 247 g/mol. The Morgan fingerprint density at radius 3 is 2.78 bits per heavy atom. The number of hydrogen-bond acceptors (Lipinski definition) is 3. The Bertz CT molecular complexity index is 405. The van der Waals surface area contributed by atoms with Crippen molar-refractivity contribution in [2.24, 2.45) is 0 Å². The van der Waals surface area contributed by atoms with Crippen molar-refractivity contribution in [2.45, 2.75) is 45.3 Å². The Hall–Kier alpha value is -1.42. The quantitative estimate of drug-likeness (QED) is 0.881. The van der Waals surface area contributed by atoms with E-state index >= 15 is 0 Å². The van der Waals surface area contributed by atoms with Crippen LogP contribution in [0.3, 0.4) is 0 Å². The number of pyridine rings is 1. The van der Waals surface area contributed by atoms with Gasteiger partial charge in [-0.05, 0) is 25.5 Å². The van der Waals surface area contributed by atoms with Crippen LogP contribution in [0.15, 0.2) is 24.4 Å². The number of nitrogens with zero attached hydrogens (tertiary/aromatic N) is 2. The second-order valence-electron chi connectivity index (χ2n) is 5.12. The van der Waals surface area contributed by atoms with Gasteiger partial charge in [0, 0.05) is 18.8 Å². The molecule has 2 rings (SSSR count). The Labute approximate surface area is 108 Å². The first-order valence-corrected chi connectivity index (χ1v) is 6.57. The van der Waals surface area contributed by atoms with Crippen LogP contribution in [-0.2, 0) is 4.79 Å². The summed E-state index contributed by atoms with van der Waals surface area (Å²) in [4.78, 5) is 18.5. The number of carbonyl (C=O) groups excluding carboxylic acids is 1. The lowest BCUT2D eigenvalue weighted by Crippen LogP contribution is -2.42. The van der Waals surface area contributed by atoms with Crippen LogP contribution in [0.25, 0.3) is 0 Å². The Morgan fingerprint density at radius 2 is 2.17 bits per heavy atom. The maximum Gasteiger partial charge on any atom is 0.240 e. The number of nitrogens with one attached hydrogen (secondary N) is 1. The van der Waals surface area contributed by atoms with Crippen LogP contribution in [0.4, 0.5) is 0 Å². The minimum absolute atomic E-state index is 0.0313. The molecule has 4 nitrogen and oxygen atoms in total. The van der Waals surface area contributed by atoms with E-state index < -0.39 is 0 Å². The van der Waals surface area contributed by atoms with E-state index in [-0.39, 0.29) is 18.0 Å². The molecule has 1 aliphatic heterocycles. The van der Waals surface area contributed by atoms with Crippen molar-refractivity contribution < 1.29 is 4.79 Å². The van der Waals surface area contributed by atoms with Gasteiger partial charge in [0.25, 0.3) is 0 Å². The number of likely N-dealkylation sites (tertiary alicyclic amines) is 1. The molecule has 1 amide bonds. The summed E-state index contributed by atoms with van der Waals surface area (Å²) in [5.41, 5.74) is 0.955. The van der Waals surface area contributed by atoms with Gasteiger partial charge >= 0.3 is 0 Å². The van der Waals surface area contributed by atoms with Gasteiger partial charge in [-0.15, -0.1) is 0 Å². The SMILES string of the molecule is CC(C)NC1CCN(C(C)c2ccccn2)C1=O. The second kappa shape index (κ2) is 5.48. The van der Waals surface area contributed by atoms with Crippen LogP contribution < -0.4 is 5.32 Å². The fourth-order valence-electron chi connectivity index (χ4n) is 2.43. The van der Waals surface area contributed by atoms with Gasteiger partial charge in [-0.2, -0.15) is 0 Å². The highest BCUT2D eigenvalue weighted by Gasteiger charge is 2.35. The van der Waals surface area contributed by atoms with Crippen molar-refractivity contribution in [1.82, 2.24) is 15.2 Å². The Kier molecular flexibility index (Phi) is 3.97. The molecule has 0 radical (unpaired) electrons. The number of amides is 1. The maximum atomic E-state index is 12.3. The topological polar surface area (TPSA) is 45.2 Å². The highest BCUT2D eigenvalue weighted by Crippen LogP contribution is 2.24. The normalized spacial score (nSPS) is 21.7. The minimum atomic E-state index is -0.0313. The molecule has 1 saturated heterocycles. The van der Waals surface area contributed by atoms with E-state index in [9.17, 15) is 4.79 Å². The average molecular weight is 247 g/mol. The second-order valence-corrected chi connectivity index (χ2v) is 5.12. The highest BCUT2D eigenvalue weighted by molar-refractivity contribution is 5.84. The molecule has 0 saturated carbocycles. The highest BCUT2D eigenvalue weighted by atomic mass is 16.2. The van der Waals surface area contributed by atoms with Gasteiger partial charge in [0.15, 0.2) is 0 Å². The summed E-state index contributed by atoms with van der Waals surface area (Å²) < 4.78 is 0. The zero-order valence-corrected chi connectivity index (χ0v) is 11.3. The van der Waals surface area contributed by atoms with E-state index in [1.54, 1.807) is 6.20 Å². The van der Waals surface area contributed by atoms with Crippen LogP contribution >= 0.6 is 0 Å². The van der Waals surface area contributed by atoms with Crippen LogP contribution in [0.2, 0.25) is 0 Å². The van der Waals surface area contributed by atoms with E-state index in [2.05, 4.69) is 24.1 Å². The fourth-order valence-corrected chi connectivity index (χ4v) is 2.43. The predicted octanol–water partition coefficient (Wildman–Crippen LogP) is 1.74. The van der Waals surface area contributed by atoms with Crippen molar-refractivity contribution in [3.63, 3.8) is 0 Å². The molecule has 1 aliphatic rings. The Morgan fingerprint density at radius 1 is 1.39 bits per heavy atom. The van der Waals surface area contributed by atoms with Crippen molar-refractivity contribution in [1.29, 1.82) is 0 Å². The van der Waals surface area contributed by atoms with Gasteiger partial charge in [0.2, 0.25) is 5.91 Å². The fraction of sp³-hybridized carbons (Fsp3) is 0.571. The van der Waals surface area contributed by atoms with Gasteiger partial charge in [0.1, 0.15) is 0 Å². The zero-order chi connectivity index (χ0) is 13.1. The molecule has 2 atom stereocenters. The molecule has 0 bridgehead atoms. The maximum absolute atomic E-state index is 12.3. The molecular weight excluding hydrogens is 226 g/mol. The third-order valence-corrected chi connectivity index (χ3v) is 3.36. The van der Waals surface area contributed by atoms with Gasteiger partial charge in [0.05, 0.1) is 17.8 Å². The van der Waals surface area contributed by atoms with Gasteiger partial charge in [-0.3, -0.25) is 9.78 Å². The number of carbonyl (C=O) groups is 1. The molecule has 2 unspecified atom stereocenters. The number of aromatic nitrogens is 1. The molecule has 0 aromatic carbocycles. The smallest absolute Gasteiger partial charge is 0.240 e. The molecule has 1 aromatic heterocycles. The summed E-state index contributed by atoms with van der Waals surface area (Å²) >= 11 is 0. The average Bonchev–Trinajstić information content (AvgIpc) is 2.71. The van der Waals surface area contributed by atoms with E-state index in [1.165, 1.54) is 0 Å². The third-order valence-electron chi connectivity index (χ3n) is 3.36. The first kappa shape index (κ1) is 13.0. The first-order chi connectivity index (χ1) is 8.59. The van der Waals surface area contributed by atoms with Crippen LogP contribution in [0, 0.1) is 0 Å². The van der Waals surface area contributed by atoms with Crippen molar-refractivity contribution in [2.75, 3.05) is 6.54 Å². The number of hydrogen-bond donors (Lipinski definition) is 1. The molecule has 98 valence electrons. The van der Waals surface area contributed by atoms with E-state index in [0.717, 1.165) is 18.7 Å². The largest absolute Gasteiger partial charge is 0.333 e. The summed E-state index contributed by atoms with van der Waals surface area (Å²) in [6.07, 6.45) is 2.66. The molecule has 1 aromatic rings. The summed E-state index contributed by atoms with van der Waals surface area (Å²) in [6, 6.07) is 6.19. The summed E-state index contributed by atoms with van der Waals surface area (Å²) in [7, 11) is 0. The zero-order valence-electron chi connectivity index (χ0n) is 11.3. The lowest BCUT2D eigenvalue weighted by molar-refractivity contribution is -0.131. The Balaban J connectivity index is 2.05. The van der Waals surface area contributed by atoms with Gasteiger partial charge in [-0.1, -0.05) is 19.9 Å². The molecule has 1 fully saturated rings. The third kappa shape index (κ3) is 2.70. The molecule has 1 N–H and O–H groups in total. The van der Waals surface area contributed by atoms with E-state index in [1.807, 2.05) is 30.0 Å². The van der Waals surface area contributed by atoms with Crippen LogP contribution in [0.1, 0.15) is 38.9 Å². The molecular formula is C14H21N3O. The predicted molar refractivity (Wildman–Crippen MR) is 71.0 cm³/mol. The van der Waals surface area contributed by atoms with Crippen LogP contribution in [0.5, 0.6) is 0 Å². The standard InChI is InChI=1S/C14H21N3O/c1-10(2)16-13-7-9-17(14(13)18)11(3)12-6-4-5-8-15-12/h4-6,8,10-11,13,16H,7,9H2,1-3H3. The lowest BCUT2D eigenvalue weighted by Gasteiger charge is -2.24. The lowest BCUT2D eigenvalue weighted by atomic mass is 10.2. The summed E-state index contributed by atoms with van der Waals surface area (Å²) in [5, 5.41) is 3.32. The summed E-state index contributed by atoms with van der Waals surface area (Å²) in [5.74, 6) is 0.196. The number of rotatable bonds is 4. The molecule has 0 spiro atoms. The molecule has 4 heteroatoms. The van der Waals surface area contributed by atoms with E-state index in [0.29, 0.717) is 6.04 Å². The van der Waals surface area contributed by atoms with Crippen molar-refractivity contribution in [3.05, 3.63) is 30.1 Å². The van der Waals surface area contributed by atoms with Crippen molar-refractivity contribution in [3.8, 4) is 0 Å². The van der Waals surface area contributed by atoms with Crippen LogP contribution in [-0.4, -0.2) is 34.4 Å². The molecule has 2 heterocycles. The minimum Gasteiger partial charge on any atom is -0.333 e. The first-order valence-electron chi connectivity index (χ1n) is 6.57. The van der Waals surface area contributed by atoms with E-state index in [4.69, 9.17) is 0 Å². The molecule has 18 heavy (non-hydrogen) atoms. The summed E-state index contributed by atoms with van der Waals surface area (Å²) in [6.45, 7) is 6.98. The molecule has 0 aliphatic carbocycles. The van der Waals surface area contributed by atoms with Gasteiger partial charge < -0.3 is 10.2 Å². The van der Waals surface area contributed by atoms with Crippen molar-refractivity contribution >= 4 is 5.91 Å².